The average Bonchev–Trinajstić information content (AvgIpc) is 2.38. The lowest BCUT2D eigenvalue weighted by Crippen LogP contribution is -2.44. The minimum Gasteiger partial charge on any atom is -0.373 e. The van der Waals surface area contributed by atoms with E-state index in [1.54, 1.807) is 19.2 Å². The highest BCUT2D eigenvalue weighted by Gasteiger charge is 2.29. The van der Waals surface area contributed by atoms with Gasteiger partial charge in [-0.15, -0.1) is 0 Å². The molecule has 1 saturated heterocycles. The molecule has 2 atom stereocenters. The van der Waals surface area contributed by atoms with Crippen LogP contribution in [0.2, 0.25) is 5.02 Å². The third-order valence-electron chi connectivity index (χ3n) is 3.70. The van der Waals surface area contributed by atoms with Crippen molar-refractivity contribution in [2.75, 3.05) is 18.9 Å². The van der Waals surface area contributed by atoms with Gasteiger partial charge in [-0.2, -0.15) is 0 Å². The van der Waals surface area contributed by atoms with Gasteiger partial charge >= 0.3 is 0 Å². The maximum atomic E-state index is 12.6. The van der Waals surface area contributed by atoms with Crippen LogP contribution in [0, 0.1) is 5.92 Å². The molecule has 1 amide bonds. The van der Waals surface area contributed by atoms with Crippen molar-refractivity contribution in [1.82, 2.24) is 9.88 Å². The van der Waals surface area contributed by atoms with E-state index in [1.807, 2.05) is 4.90 Å². The fraction of sp³-hybridized carbons (Fsp3) is 0.571. The Bertz CT molecular complexity index is 478. The largest absolute Gasteiger partial charge is 0.373 e. The third kappa shape index (κ3) is 3.00. The first-order chi connectivity index (χ1) is 9.02. The summed E-state index contributed by atoms with van der Waals surface area (Å²) in [6.45, 7) is 5.09. The average molecular weight is 282 g/mol. The van der Waals surface area contributed by atoms with Gasteiger partial charge in [0.05, 0.1) is 5.02 Å². The zero-order chi connectivity index (χ0) is 14.0. The molecule has 2 heterocycles. The van der Waals surface area contributed by atoms with E-state index in [1.165, 1.54) is 0 Å². The Morgan fingerprint density at radius 3 is 2.84 bits per heavy atom. The van der Waals surface area contributed by atoms with Gasteiger partial charge in [0.2, 0.25) is 0 Å². The molecule has 1 aromatic heterocycles. The smallest absolute Gasteiger partial charge is 0.274 e. The summed E-state index contributed by atoms with van der Waals surface area (Å²) in [5, 5.41) is 3.34. The van der Waals surface area contributed by atoms with Gasteiger partial charge in [0.25, 0.3) is 5.91 Å². The molecule has 0 radical (unpaired) electrons. The van der Waals surface area contributed by atoms with Gasteiger partial charge < -0.3 is 10.2 Å². The maximum absolute atomic E-state index is 12.6. The summed E-state index contributed by atoms with van der Waals surface area (Å²) in [4.78, 5) is 18.7. The van der Waals surface area contributed by atoms with E-state index in [9.17, 15) is 4.79 Å². The molecule has 1 aliphatic rings. The quantitative estimate of drug-likeness (QED) is 0.906. The molecule has 0 aliphatic carbocycles. The topological polar surface area (TPSA) is 45.2 Å². The van der Waals surface area contributed by atoms with E-state index in [2.05, 4.69) is 24.1 Å². The number of amides is 1. The zero-order valence-corrected chi connectivity index (χ0v) is 12.4. The van der Waals surface area contributed by atoms with Gasteiger partial charge in [0.1, 0.15) is 11.5 Å². The van der Waals surface area contributed by atoms with Gasteiger partial charge in [-0.05, 0) is 37.8 Å². The van der Waals surface area contributed by atoms with Crippen molar-refractivity contribution in [2.24, 2.45) is 5.92 Å². The van der Waals surface area contributed by atoms with Crippen LogP contribution in [0.4, 0.5) is 5.82 Å². The molecule has 0 spiro atoms. The van der Waals surface area contributed by atoms with Crippen LogP contribution in [-0.2, 0) is 0 Å². The minimum absolute atomic E-state index is 0.0681. The maximum Gasteiger partial charge on any atom is 0.274 e. The second-order valence-corrected chi connectivity index (χ2v) is 5.66. The first-order valence-corrected chi connectivity index (χ1v) is 7.06. The molecule has 104 valence electrons. The van der Waals surface area contributed by atoms with Crippen LogP contribution in [0.15, 0.2) is 12.1 Å². The van der Waals surface area contributed by atoms with E-state index in [0.29, 0.717) is 22.5 Å². The van der Waals surface area contributed by atoms with Crippen LogP contribution < -0.4 is 5.32 Å². The number of hydrogen-bond acceptors (Lipinski definition) is 3. The number of hydrogen-bond donors (Lipinski definition) is 1. The number of likely N-dealkylation sites (tertiary alicyclic amines) is 1. The van der Waals surface area contributed by atoms with Crippen LogP contribution in [0.3, 0.4) is 0 Å². The Kier molecular flexibility index (Phi) is 4.30. The molecular formula is C14H20ClN3O. The van der Waals surface area contributed by atoms with E-state index < -0.39 is 0 Å². The first-order valence-electron chi connectivity index (χ1n) is 6.68. The number of nitrogens with zero attached hydrogens (tertiary/aromatic N) is 2. The summed E-state index contributed by atoms with van der Waals surface area (Å²) in [5.74, 6) is 1.26. The van der Waals surface area contributed by atoms with Crippen LogP contribution in [0.1, 0.15) is 37.2 Å². The van der Waals surface area contributed by atoms with Crippen LogP contribution in [0.5, 0.6) is 0 Å². The van der Waals surface area contributed by atoms with E-state index in [-0.39, 0.29) is 11.9 Å². The van der Waals surface area contributed by atoms with Crippen molar-refractivity contribution >= 4 is 23.3 Å². The van der Waals surface area contributed by atoms with Crippen molar-refractivity contribution in [3.05, 3.63) is 22.8 Å². The summed E-state index contributed by atoms with van der Waals surface area (Å²) in [6.07, 6.45) is 2.08. The molecule has 2 rings (SSSR count). The van der Waals surface area contributed by atoms with E-state index in [0.717, 1.165) is 19.4 Å². The Balaban J connectivity index is 2.24. The zero-order valence-electron chi connectivity index (χ0n) is 11.6. The Hall–Kier alpha value is -1.29. The molecular weight excluding hydrogens is 262 g/mol. The molecule has 19 heavy (non-hydrogen) atoms. The molecule has 1 aliphatic heterocycles. The third-order valence-corrected chi connectivity index (χ3v) is 4.01. The molecule has 1 aromatic rings. The number of piperidine rings is 1. The number of anilines is 1. The number of rotatable bonds is 2. The Morgan fingerprint density at radius 1 is 1.47 bits per heavy atom. The normalized spacial score (nSPS) is 23.3. The van der Waals surface area contributed by atoms with Crippen LogP contribution in [-0.4, -0.2) is 35.4 Å². The highest BCUT2D eigenvalue weighted by molar-refractivity contribution is 6.33. The highest BCUT2D eigenvalue weighted by Crippen LogP contribution is 2.26. The summed E-state index contributed by atoms with van der Waals surface area (Å²) in [5.41, 5.74) is 0.343. The summed E-state index contributed by atoms with van der Waals surface area (Å²) in [7, 11) is 1.77. The molecule has 5 heteroatoms. The second-order valence-electron chi connectivity index (χ2n) is 5.25. The molecule has 0 aromatic carbocycles. The van der Waals surface area contributed by atoms with Crippen molar-refractivity contribution in [1.29, 1.82) is 0 Å². The lowest BCUT2D eigenvalue weighted by molar-refractivity contribution is 0.0583. The number of pyridine rings is 1. The molecule has 2 unspecified atom stereocenters. The predicted octanol–water partition coefficient (Wildman–Crippen LogP) is 3.04. The fourth-order valence-electron chi connectivity index (χ4n) is 2.58. The molecule has 0 saturated carbocycles. The minimum atomic E-state index is -0.0681. The fourth-order valence-corrected chi connectivity index (χ4v) is 2.76. The molecule has 1 fully saturated rings. The second kappa shape index (κ2) is 5.78. The molecule has 0 bridgehead atoms. The van der Waals surface area contributed by atoms with Crippen molar-refractivity contribution in [2.45, 2.75) is 32.7 Å². The van der Waals surface area contributed by atoms with Gasteiger partial charge in [0, 0.05) is 19.6 Å². The van der Waals surface area contributed by atoms with E-state index >= 15 is 0 Å². The van der Waals surface area contributed by atoms with Gasteiger partial charge in [0.15, 0.2) is 0 Å². The number of halogens is 1. The number of carbonyl (C=O) groups excluding carboxylic acids is 1. The van der Waals surface area contributed by atoms with Gasteiger partial charge in [-0.25, -0.2) is 4.98 Å². The number of carbonyl (C=O) groups is 1. The van der Waals surface area contributed by atoms with Crippen LogP contribution in [0.25, 0.3) is 0 Å². The monoisotopic (exact) mass is 281 g/mol. The first kappa shape index (κ1) is 14.1. The molecule has 1 N–H and O–H groups in total. The molecule has 4 nitrogen and oxygen atoms in total. The number of aromatic nitrogens is 1. The summed E-state index contributed by atoms with van der Waals surface area (Å²) >= 11 is 6.11. The van der Waals surface area contributed by atoms with Gasteiger partial charge in [-0.3, -0.25) is 4.79 Å². The van der Waals surface area contributed by atoms with Crippen LogP contribution >= 0.6 is 11.6 Å². The Labute approximate surface area is 119 Å². The predicted molar refractivity (Wildman–Crippen MR) is 77.7 cm³/mol. The van der Waals surface area contributed by atoms with Crippen molar-refractivity contribution in [3.63, 3.8) is 0 Å². The van der Waals surface area contributed by atoms with E-state index in [4.69, 9.17) is 11.6 Å². The highest BCUT2D eigenvalue weighted by atomic mass is 35.5. The lowest BCUT2D eigenvalue weighted by Gasteiger charge is -2.36. The standard InChI is InChI=1S/C14H20ClN3O/c1-9-6-7-18(10(2)8-9)14(19)13-11(15)4-5-12(16-3)17-13/h4-5,9-10H,6-8H2,1-3H3,(H,16,17). The summed E-state index contributed by atoms with van der Waals surface area (Å²) in [6, 6.07) is 3.72. The lowest BCUT2D eigenvalue weighted by atomic mass is 9.93. The summed E-state index contributed by atoms with van der Waals surface area (Å²) < 4.78 is 0. The number of nitrogens with one attached hydrogen (secondary N) is 1. The van der Waals surface area contributed by atoms with Crippen molar-refractivity contribution in [3.8, 4) is 0 Å². The SMILES string of the molecule is CNc1ccc(Cl)c(C(=O)N2CCC(C)CC2C)n1. The van der Waals surface area contributed by atoms with Crippen molar-refractivity contribution < 1.29 is 4.79 Å². The van der Waals surface area contributed by atoms with Gasteiger partial charge in [-0.1, -0.05) is 18.5 Å². The Morgan fingerprint density at radius 2 is 2.21 bits per heavy atom.